The van der Waals surface area contributed by atoms with Gasteiger partial charge >= 0.3 is 0 Å². The first-order chi connectivity index (χ1) is 12.5. The summed E-state index contributed by atoms with van der Waals surface area (Å²) in [5, 5.41) is 9.70. The summed E-state index contributed by atoms with van der Waals surface area (Å²) in [7, 11) is 0. The Morgan fingerprint density at radius 3 is 2.42 bits per heavy atom. The minimum Gasteiger partial charge on any atom is -0.392 e. The minimum absolute atomic E-state index is 0.0219. The Kier molecular flexibility index (Phi) is 5.94. The molecule has 0 unspecified atom stereocenters. The van der Waals surface area contributed by atoms with Crippen molar-refractivity contribution in [1.29, 1.82) is 0 Å². The van der Waals surface area contributed by atoms with Gasteiger partial charge in [-0.15, -0.1) is 0 Å². The van der Waals surface area contributed by atoms with Crippen LogP contribution in [0.2, 0.25) is 9.49 Å². The molecule has 0 fully saturated rings. The number of rotatable bonds is 5. The number of para-hydroxylation sites is 1. The highest BCUT2D eigenvalue weighted by Crippen LogP contribution is 2.33. The molecule has 0 spiro atoms. The SMILES string of the molecule is Cc1cccc(Cl)c1N(Cc1ccc(CO)cc1)C(=O)c1cnc(Cl)s1. The Morgan fingerprint density at radius 2 is 1.85 bits per heavy atom. The Bertz CT molecular complexity index is 905. The summed E-state index contributed by atoms with van der Waals surface area (Å²) in [5.74, 6) is -0.211. The number of thiazole rings is 1. The van der Waals surface area contributed by atoms with Crippen LogP contribution < -0.4 is 4.90 Å². The Hall–Kier alpha value is -1.92. The second-order valence-corrected chi connectivity index (χ2v) is 7.77. The number of nitrogens with zero attached hydrogens (tertiary/aromatic N) is 2. The number of hydrogen-bond donors (Lipinski definition) is 1. The number of halogens is 2. The number of aliphatic hydroxyl groups excluding tert-OH is 1. The van der Waals surface area contributed by atoms with Gasteiger partial charge in [0.2, 0.25) is 0 Å². The largest absolute Gasteiger partial charge is 0.392 e. The molecular formula is C19H16Cl2N2O2S. The van der Waals surface area contributed by atoms with E-state index >= 15 is 0 Å². The van der Waals surface area contributed by atoms with Crippen LogP contribution in [0.25, 0.3) is 0 Å². The fourth-order valence-corrected chi connectivity index (χ4v) is 3.85. The Labute approximate surface area is 165 Å². The van der Waals surface area contributed by atoms with Gasteiger partial charge in [0, 0.05) is 0 Å². The van der Waals surface area contributed by atoms with Crippen molar-refractivity contribution in [2.45, 2.75) is 20.1 Å². The number of anilines is 1. The summed E-state index contributed by atoms with van der Waals surface area (Å²) in [6.45, 7) is 2.23. The zero-order valence-corrected chi connectivity index (χ0v) is 16.3. The molecular weight excluding hydrogens is 391 g/mol. The highest BCUT2D eigenvalue weighted by atomic mass is 35.5. The molecule has 0 saturated carbocycles. The lowest BCUT2D eigenvalue weighted by molar-refractivity contribution is 0.0988. The summed E-state index contributed by atoms with van der Waals surface area (Å²) in [6.07, 6.45) is 1.48. The van der Waals surface area contributed by atoms with Crippen LogP contribution >= 0.6 is 34.5 Å². The molecule has 0 aliphatic rings. The summed E-state index contributed by atoms with van der Waals surface area (Å²) in [5.41, 5.74) is 3.30. The average molecular weight is 407 g/mol. The summed E-state index contributed by atoms with van der Waals surface area (Å²) in [6, 6.07) is 13.0. The van der Waals surface area contributed by atoms with E-state index in [0.717, 1.165) is 28.0 Å². The smallest absolute Gasteiger partial charge is 0.270 e. The van der Waals surface area contributed by atoms with E-state index in [1.54, 1.807) is 11.0 Å². The van der Waals surface area contributed by atoms with E-state index in [1.165, 1.54) is 6.20 Å². The lowest BCUT2D eigenvalue weighted by atomic mass is 10.1. The maximum atomic E-state index is 13.1. The number of aliphatic hydroxyl groups is 1. The minimum atomic E-state index is -0.211. The van der Waals surface area contributed by atoms with E-state index in [1.807, 2.05) is 43.3 Å². The highest BCUT2D eigenvalue weighted by Gasteiger charge is 2.23. The topological polar surface area (TPSA) is 53.4 Å². The van der Waals surface area contributed by atoms with Gasteiger partial charge in [-0.1, -0.05) is 70.9 Å². The van der Waals surface area contributed by atoms with Gasteiger partial charge in [0.15, 0.2) is 4.47 Å². The van der Waals surface area contributed by atoms with Crippen LogP contribution in [0.15, 0.2) is 48.7 Å². The third-order valence-corrected chi connectivity index (χ3v) is 5.35. The van der Waals surface area contributed by atoms with Gasteiger partial charge in [-0.2, -0.15) is 0 Å². The summed E-state index contributed by atoms with van der Waals surface area (Å²) < 4.78 is 0.316. The molecule has 26 heavy (non-hydrogen) atoms. The number of benzene rings is 2. The van der Waals surface area contributed by atoms with E-state index < -0.39 is 0 Å². The van der Waals surface area contributed by atoms with E-state index in [0.29, 0.717) is 26.6 Å². The molecule has 4 nitrogen and oxygen atoms in total. The lowest BCUT2D eigenvalue weighted by Gasteiger charge is -2.25. The van der Waals surface area contributed by atoms with Crippen LogP contribution in [0.1, 0.15) is 26.4 Å². The third kappa shape index (κ3) is 4.07. The number of aromatic nitrogens is 1. The van der Waals surface area contributed by atoms with E-state index in [-0.39, 0.29) is 12.5 Å². The molecule has 0 aliphatic heterocycles. The number of aryl methyl sites for hydroxylation is 1. The number of amides is 1. The predicted molar refractivity (Wildman–Crippen MR) is 106 cm³/mol. The first-order valence-corrected chi connectivity index (χ1v) is 9.44. The van der Waals surface area contributed by atoms with E-state index in [4.69, 9.17) is 23.2 Å². The zero-order chi connectivity index (χ0) is 18.7. The second kappa shape index (κ2) is 8.18. The van der Waals surface area contributed by atoms with Crippen molar-refractivity contribution >= 4 is 46.1 Å². The van der Waals surface area contributed by atoms with Crippen LogP contribution in [0.3, 0.4) is 0 Å². The summed E-state index contributed by atoms with van der Waals surface area (Å²) >= 11 is 13.4. The van der Waals surface area contributed by atoms with Crippen molar-refractivity contribution in [3.63, 3.8) is 0 Å². The molecule has 1 aromatic heterocycles. The fraction of sp³-hybridized carbons (Fsp3) is 0.158. The van der Waals surface area contributed by atoms with Gasteiger partial charge in [0.25, 0.3) is 5.91 Å². The normalized spacial score (nSPS) is 10.8. The number of carbonyl (C=O) groups excluding carboxylic acids is 1. The van der Waals surface area contributed by atoms with Crippen molar-refractivity contribution in [3.05, 3.63) is 79.7 Å². The van der Waals surface area contributed by atoms with Gasteiger partial charge in [-0.25, -0.2) is 4.98 Å². The van der Waals surface area contributed by atoms with Crippen molar-refractivity contribution < 1.29 is 9.90 Å². The third-order valence-electron chi connectivity index (χ3n) is 3.94. The molecule has 3 rings (SSSR count). The molecule has 2 aromatic carbocycles. The number of carbonyl (C=O) groups is 1. The van der Waals surface area contributed by atoms with E-state index in [2.05, 4.69) is 4.98 Å². The molecule has 1 amide bonds. The van der Waals surface area contributed by atoms with Gasteiger partial charge in [0.05, 0.1) is 30.1 Å². The molecule has 1 heterocycles. The molecule has 1 N–H and O–H groups in total. The monoisotopic (exact) mass is 406 g/mol. The molecule has 0 aliphatic carbocycles. The lowest BCUT2D eigenvalue weighted by Crippen LogP contribution is -2.30. The van der Waals surface area contributed by atoms with Crippen molar-refractivity contribution in [2.75, 3.05) is 4.90 Å². The van der Waals surface area contributed by atoms with Crippen LogP contribution in [0, 0.1) is 6.92 Å². The van der Waals surface area contributed by atoms with Crippen LogP contribution in [0.4, 0.5) is 5.69 Å². The quantitative estimate of drug-likeness (QED) is 0.641. The van der Waals surface area contributed by atoms with Crippen molar-refractivity contribution in [2.24, 2.45) is 0 Å². The van der Waals surface area contributed by atoms with Crippen LogP contribution in [0.5, 0.6) is 0 Å². The second-order valence-electron chi connectivity index (χ2n) is 5.75. The first kappa shape index (κ1) is 18.9. The molecule has 134 valence electrons. The zero-order valence-electron chi connectivity index (χ0n) is 13.9. The van der Waals surface area contributed by atoms with Crippen molar-refractivity contribution in [1.82, 2.24) is 4.98 Å². The van der Waals surface area contributed by atoms with Gasteiger partial charge < -0.3 is 10.0 Å². The molecule has 0 saturated heterocycles. The Morgan fingerprint density at radius 1 is 1.15 bits per heavy atom. The molecule has 3 aromatic rings. The molecule has 0 atom stereocenters. The van der Waals surface area contributed by atoms with Crippen LogP contribution in [-0.2, 0) is 13.2 Å². The molecule has 7 heteroatoms. The first-order valence-electron chi connectivity index (χ1n) is 7.86. The van der Waals surface area contributed by atoms with Gasteiger partial charge in [0.1, 0.15) is 4.88 Å². The highest BCUT2D eigenvalue weighted by molar-refractivity contribution is 7.17. The molecule has 0 radical (unpaired) electrons. The predicted octanol–water partition coefficient (Wildman–Crippen LogP) is 5.10. The maximum absolute atomic E-state index is 13.1. The Balaban J connectivity index is 2.02. The molecule has 0 bridgehead atoms. The van der Waals surface area contributed by atoms with Gasteiger partial charge in [-0.05, 0) is 29.7 Å². The van der Waals surface area contributed by atoms with Crippen molar-refractivity contribution in [3.8, 4) is 0 Å². The van der Waals surface area contributed by atoms with Gasteiger partial charge in [-0.3, -0.25) is 4.79 Å². The summed E-state index contributed by atoms with van der Waals surface area (Å²) in [4.78, 5) is 19.2. The standard InChI is InChI=1S/C19H16Cl2N2O2S/c1-12-3-2-4-15(20)17(12)23(18(25)16-9-22-19(21)26-16)10-13-5-7-14(11-24)8-6-13/h2-9,24H,10-11H2,1H3. The maximum Gasteiger partial charge on any atom is 0.270 e. The number of hydrogen-bond acceptors (Lipinski definition) is 4. The fourth-order valence-electron chi connectivity index (χ4n) is 2.63. The van der Waals surface area contributed by atoms with Crippen LogP contribution in [-0.4, -0.2) is 16.0 Å². The van der Waals surface area contributed by atoms with E-state index in [9.17, 15) is 9.90 Å². The average Bonchev–Trinajstić information content (AvgIpc) is 3.07.